The zero-order chi connectivity index (χ0) is 14.4. The van der Waals surface area contributed by atoms with Gasteiger partial charge in [-0.05, 0) is 24.7 Å². The van der Waals surface area contributed by atoms with Crippen LogP contribution in [-0.4, -0.2) is 43.7 Å². The van der Waals surface area contributed by atoms with Crippen LogP contribution in [0.5, 0.6) is 11.5 Å². The van der Waals surface area contributed by atoms with E-state index in [-0.39, 0.29) is 16.7 Å². The predicted molar refractivity (Wildman–Crippen MR) is 74.7 cm³/mol. The number of hydrogen-bond donors (Lipinski definition) is 2. The summed E-state index contributed by atoms with van der Waals surface area (Å²) in [6.45, 7) is 1.26. The molecule has 1 aromatic carbocycles. The molecule has 6 heteroatoms. The molecule has 1 rings (SSSR count). The van der Waals surface area contributed by atoms with Gasteiger partial charge in [0, 0.05) is 26.6 Å². The second-order valence-electron chi connectivity index (χ2n) is 4.29. The van der Waals surface area contributed by atoms with Crippen LogP contribution in [0.25, 0.3) is 0 Å². The summed E-state index contributed by atoms with van der Waals surface area (Å²) in [6, 6.07) is 3.42. The van der Waals surface area contributed by atoms with Gasteiger partial charge in [-0.15, -0.1) is 0 Å². The first-order valence-corrected chi connectivity index (χ1v) is 6.30. The highest BCUT2D eigenvalue weighted by atomic mass is 35.5. The van der Waals surface area contributed by atoms with Crippen molar-refractivity contribution in [3.05, 3.63) is 22.7 Å². The Morgan fingerprint density at radius 3 is 2.79 bits per heavy atom. The van der Waals surface area contributed by atoms with E-state index in [0.29, 0.717) is 25.3 Å². The Bertz CT molecular complexity index is 452. The molecule has 0 radical (unpaired) electrons. The maximum atomic E-state index is 11.2. The predicted octanol–water partition coefficient (Wildman–Crippen LogP) is 1.62. The van der Waals surface area contributed by atoms with Gasteiger partial charge in [-0.1, -0.05) is 11.6 Å². The standard InChI is InChI=1S/C13H19ClN2O3/c1-15-12(17)4-5-16(2)8-9-6-10(14)13(18)11(7-9)19-3/h6-7,18H,4-5,8H2,1-3H3,(H,15,17). The molecule has 0 saturated heterocycles. The summed E-state index contributed by atoms with van der Waals surface area (Å²) in [4.78, 5) is 13.2. The number of amides is 1. The lowest BCUT2D eigenvalue weighted by Gasteiger charge is -2.17. The topological polar surface area (TPSA) is 61.8 Å². The van der Waals surface area contributed by atoms with Gasteiger partial charge in [0.05, 0.1) is 12.1 Å². The summed E-state index contributed by atoms with van der Waals surface area (Å²) in [6.07, 6.45) is 0.440. The molecule has 0 spiro atoms. The van der Waals surface area contributed by atoms with Gasteiger partial charge in [0.15, 0.2) is 11.5 Å². The number of carbonyl (C=O) groups is 1. The monoisotopic (exact) mass is 286 g/mol. The maximum absolute atomic E-state index is 11.2. The number of benzene rings is 1. The molecule has 0 aliphatic rings. The van der Waals surface area contributed by atoms with E-state index in [1.54, 1.807) is 19.2 Å². The molecule has 0 heterocycles. The Labute approximate surface area is 118 Å². The van der Waals surface area contributed by atoms with Crippen molar-refractivity contribution >= 4 is 17.5 Å². The fourth-order valence-electron chi connectivity index (χ4n) is 1.68. The second-order valence-corrected chi connectivity index (χ2v) is 4.70. The second kappa shape index (κ2) is 7.21. The summed E-state index contributed by atoms with van der Waals surface area (Å²) in [5.41, 5.74) is 0.916. The number of methoxy groups -OCH3 is 1. The highest BCUT2D eigenvalue weighted by Gasteiger charge is 2.10. The molecular formula is C13H19ClN2O3. The van der Waals surface area contributed by atoms with Crippen molar-refractivity contribution in [3.8, 4) is 11.5 Å². The highest BCUT2D eigenvalue weighted by Crippen LogP contribution is 2.35. The molecule has 0 fully saturated rings. The minimum absolute atomic E-state index is 0.00756. The van der Waals surface area contributed by atoms with Crippen LogP contribution in [0.4, 0.5) is 0 Å². The van der Waals surface area contributed by atoms with Crippen molar-refractivity contribution in [1.82, 2.24) is 10.2 Å². The quantitative estimate of drug-likeness (QED) is 0.834. The zero-order valence-corrected chi connectivity index (χ0v) is 12.1. The first-order chi connectivity index (χ1) is 8.97. The van der Waals surface area contributed by atoms with Crippen LogP contribution < -0.4 is 10.1 Å². The van der Waals surface area contributed by atoms with E-state index < -0.39 is 0 Å². The van der Waals surface area contributed by atoms with Crippen LogP contribution >= 0.6 is 11.6 Å². The summed E-state index contributed by atoms with van der Waals surface area (Å²) in [7, 11) is 5.01. The molecule has 1 amide bonds. The van der Waals surface area contributed by atoms with Crippen molar-refractivity contribution < 1.29 is 14.6 Å². The van der Waals surface area contributed by atoms with Crippen LogP contribution in [-0.2, 0) is 11.3 Å². The van der Waals surface area contributed by atoms with Crippen molar-refractivity contribution in [2.45, 2.75) is 13.0 Å². The summed E-state index contributed by atoms with van der Waals surface area (Å²) in [5, 5.41) is 12.5. The number of phenols is 1. The molecule has 2 N–H and O–H groups in total. The van der Waals surface area contributed by atoms with Gasteiger partial charge in [0.2, 0.25) is 5.91 Å². The number of halogens is 1. The van der Waals surface area contributed by atoms with E-state index in [2.05, 4.69) is 5.32 Å². The average molecular weight is 287 g/mol. The Morgan fingerprint density at radius 2 is 2.21 bits per heavy atom. The Hall–Kier alpha value is -1.46. The van der Waals surface area contributed by atoms with Gasteiger partial charge in [-0.3, -0.25) is 4.79 Å². The highest BCUT2D eigenvalue weighted by molar-refractivity contribution is 6.32. The SMILES string of the molecule is CNC(=O)CCN(C)Cc1cc(Cl)c(O)c(OC)c1. The van der Waals surface area contributed by atoms with Crippen LogP contribution in [0.3, 0.4) is 0 Å². The lowest BCUT2D eigenvalue weighted by atomic mass is 10.2. The van der Waals surface area contributed by atoms with Crippen LogP contribution in [0.2, 0.25) is 5.02 Å². The molecular weight excluding hydrogens is 268 g/mol. The first kappa shape index (κ1) is 15.6. The van der Waals surface area contributed by atoms with E-state index in [0.717, 1.165) is 5.56 Å². The number of phenolic OH excluding ortho intramolecular Hbond substituents is 1. The van der Waals surface area contributed by atoms with Gasteiger partial charge < -0.3 is 20.1 Å². The van der Waals surface area contributed by atoms with Gasteiger partial charge >= 0.3 is 0 Å². The Morgan fingerprint density at radius 1 is 1.53 bits per heavy atom. The number of aromatic hydroxyl groups is 1. The third-order valence-corrected chi connectivity index (χ3v) is 3.05. The van der Waals surface area contributed by atoms with Crippen molar-refractivity contribution in [2.75, 3.05) is 27.7 Å². The van der Waals surface area contributed by atoms with Gasteiger partial charge in [0.25, 0.3) is 0 Å². The fraction of sp³-hybridized carbons (Fsp3) is 0.462. The van der Waals surface area contributed by atoms with Gasteiger partial charge in [-0.25, -0.2) is 0 Å². The third-order valence-electron chi connectivity index (χ3n) is 2.76. The van der Waals surface area contributed by atoms with Crippen LogP contribution in [0.1, 0.15) is 12.0 Å². The number of rotatable bonds is 6. The first-order valence-electron chi connectivity index (χ1n) is 5.92. The van der Waals surface area contributed by atoms with E-state index in [9.17, 15) is 9.90 Å². The van der Waals surface area contributed by atoms with E-state index in [4.69, 9.17) is 16.3 Å². The van der Waals surface area contributed by atoms with Gasteiger partial charge in [0.1, 0.15) is 0 Å². The summed E-state index contributed by atoms with van der Waals surface area (Å²) >= 11 is 5.92. The molecule has 0 unspecified atom stereocenters. The molecule has 0 aliphatic carbocycles. The van der Waals surface area contributed by atoms with Gasteiger partial charge in [-0.2, -0.15) is 0 Å². The molecule has 1 aromatic rings. The Kier molecular flexibility index (Phi) is 5.92. The van der Waals surface area contributed by atoms with E-state index >= 15 is 0 Å². The normalized spacial score (nSPS) is 10.6. The summed E-state index contributed by atoms with van der Waals surface area (Å²) in [5.74, 6) is 0.302. The molecule has 0 aromatic heterocycles. The largest absolute Gasteiger partial charge is 0.503 e. The molecule has 5 nitrogen and oxygen atoms in total. The lowest BCUT2D eigenvalue weighted by Crippen LogP contribution is -2.26. The van der Waals surface area contributed by atoms with Crippen molar-refractivity contribution in [2.24, 2.45) is 0 Å². The number of nitrogens with zero attached hydrogens (tertiary/aromatic N) is 1. The van der Waals surface area contributed by atoms with Crippen molar-refractivity contribution in [3.63, 3.8) is 0 Å². The zero-order valence-electron chi connectivity index (χ0n) is 11.4. The number of hydrogen-bond acceptors (Lipinski definition) is 4. The molecule has 0 bridgehead atoms. The minimum atomic E-state index is -0.0547. The third kappa shape index (κ3) is 4.61. The molecule has 106 valence electrons. The average Bonchev–Trinajstić information content (AvgIpc) is 2.39. The minimum Gasteiger partial charge on any atom is -0.503 e. The van der Waals surface area contributed by atoms with E-state index in [1.807, 2.05) is 11.9 Å². The number of nitrogens with one attached hydrogen (secondary N) is 1. The fourth-order valence-corrected chi connectivity index (χ4v) is 1.92. The maximum Gasteiger partial charge on any atom is 0.221 e. The smallest absolute Gasteiger partial charge is 0.221 e. The van der Waals surface area contributed by atoms with Crippen molar-refractivity contribution in [1.29, 1.82) is 0 Å². The lowest BCUT2D eigenvalue weighted by molar-refractivity contribution is -0.120. The number of ether oxygens (including phenoxy) is 1. The van der Waals surface area contributed by atoms with Crippen LogP contribution in [0, 0.1) is 0 Å². The molecule has 0 atom stereocenters. The Balaban J connectivity index is 2.66. The van der Waals surface area contributed by atoms with E-state index in [1.165, 1.54) is 7.11 Å². The molecule has 0 saturated carbocycles. The molecule has 19 heavy (non-hydrogen) atoms. The summed E-state index contributed by atoms with van der Waals surface area (Å²) < 4.78 is 5.05. The van der Waals surface area contributed by atoms with Crippen LogP contribution in [0.15, 0.2) is 12.1 Å². The molecule has 0 aliphatic heterocycles. The number of carbonyl (C=O) groups excluding carboxylic acids is 1.